The standard InChI is InChI=1S/C16H22N4O/c1-16(2,3)20-14-5-4-10(7-13(14)17)11-6-12(9-21)15(18)19-8-11/h4-8,20-21H,9,17H2,1-3H3,(H2,18,19). The summed E-state index contributed by atoms with van der Waals surface area (Å²) in [6, 6.07) is 7.64. The van der Waals surface area contributed by atoms with Gasteiger partial charge in [0, 0.05) is 22.9 Å². The molecule has 0 saturated carbocycles. The number of nitrogen functional groups attached to an aromatic ring is 2. The fourth-order valence-corrected chi connectivity index (χ4v) is 2.07. The van der Waals surface area contributed by atoms with Crippen LogP contribution in [-0.2, 0) is 6.61 Å². The average molecular weight is 286 g/mol. The van der Waals surface area contributed by atoms with Gasteiger partial charge in [0.1, 0.15) is 5.82 Å². The third-order valence-electron chi connectivity index (χ3n) is 3.07. The molecule has 0 radical (unpaired) electrons. The molecule has 0 fully saturated rings. The topological polar surface area (TPSA) is 97.2 Å². The average Bonchev–Trinajstić information content (AvgIpc) is 2.40. The van der Waals surface area contributed by atoms with E-state index in [0.717, 1.165) is 16.8 Å². The Morgan fingerprint density at radius 1 is 1.14 bits per heavy atom. The molecular formula is C16H22N4O. The Hall–Kier alpha value is -2.27. The molecule has 0 aliphatic rings. The van der Waals surface area contributed by atoms with Crippen molar-refractivity contribution in [3.05, 3.63) is 36.0 Å². The van der Waals surface area contributed by atoms with E-state index < -0.39 is 0 Å². The summed E-state index contributed by atoms with van der Waals surface area (Å²) < 4.78 is 0. The molecule has 0 unspecified atom stereocenters. The summed E-state index contributed by atoms with van der Waals surface area (Å²) in [4.78, 5) is 4.10. The number of hydrogen-bond acceptors (Lipinski definition) is 5. The maximum Gasteiger partial charge on any atom is 0.128 e. The molecule has 5 nitrogen and oxygen atoms in total. The quantitative estimate of drug-likeness (QED) is 0.650. The molecule has 21 heavy (non-hydrogen) atoms. The fraction of sp³-hybridized carbons (Fsp3) is 0.312. The number of nitrogens with zero attached hydrogens (tertiary/aromatic N) is 1. The number of rotatable bonds is 3. The lowest BCUT2D eigenvalue weighted by Gasteiger charge is -2.23. The molecule has 0 spiro atoms. The summed E-state index contributed by atoms with van der Waals surface area (Å²) in [5.41, 5.74) is 15.8. The summed E-state index contributed by atoms with van der Waals surface area (Å²) in [5.74, 6) is 0.347. The second kappa shape index (κ2) is 5.61. The van der Waals surface area contributed by atoms with Gasteiger partial charge in [-0.25, -0.2) is 4.98 Å². The molecule has 0 aliphatic carbocycles. The summed E-state index contributed by atoms with van der Waals surface area (Å²) in [6.45, 7) is 6.11. The van der Waals surface area contributed by atoms with Gasteiger partial charge >= 0.3 is 0 Å². The van der Waals surface area contributed by atoms with Gasteiger partial charge < -0.3 is 21.9 Å². The van der Waals surface area contributed by atoms with Crippen LogP contribution < -0.4 is 16.8 Å². The van der Waals surface area contributed by atoms with Gasteiger partial charge in [-0.3, -0.25) is 0 Å². The second-order valence-corrected chi connectivity index (χ2v) is 6.10. The SMILES string of the molecule is CC(C)(C)Nc1ccc(-c2cnc(N)c(CO)c2)cc1N. The summed E-state index contributed by atoms with van der Waals surface area (Å²) in [6.07, 6.45) is 1.68. The highest BCUT2D eigenvalue weighted by Gasteiger charge is 2.12. The molecule has 5 heteroatoms. The summed E-state index contributed by atoms with van der Waals surface area (Å²) in [7, 11) is 0. The van der Waals surface area contributed by atoms with Crippen molar-refractivity contribution in [2.24, 2.45) is 0 Å². The van der Waals surface area contributed by atoms with Gasteiger partial charge in [-0.1, -0.05) is 6.07 Å². The van der Waals surface area contributed by atoms with Crippen LogP contribution in [0.2, 0.25) is 0 Å². The molecule has 0 bridgehead atoms. The number of nitrogens with one attached hydrogen (secondary N) is 1. The predicted octanol–water partition coefficient (Wildman–Crippen LogP) is 2.62. The Kier molecular flexibility index (Phi) is 4.04. The third kappa shape index (κ3) is 3.64. The zero-order chi connectivity index (χ0) is 15.6. The molecule has 0 aliphatic heterocycles. The lowest BCUT2D eigenvalue weighted by Crippen LogP contribution is -2.26. The number of benzene rings is 1. The van der Waals surface area contributed by atoms with Crippen LogP contribution in [0, 0.1) is 0 Å². The van der Waals surface area contributed by atoms with Crippen LogP contribution >= 0.6 is 0 Å². The lowest BCUT2D eigenvalue weighted by atomic mass is 10.0. The minimum Gasteiger partial charge on any atom is -0.397 e. The Bertz CT molecular complexity index is 647. The first-order valence-corrected chi connectivity index (χ1v) is 6.83. The number of hydrogen-bond donors (Lipinski definition) is 4. The Balaban J connectivity index is 2.36. The maximum atomic E-state index is 9.26. The van der Waals surface area contributed by atoms with Crippen LogP contribution in [0.4, 0.5) is 17.2 Å². The molecule has 0 saturated heterocycles. The van der Waals surface area contributed by atoms with Crippen LogP contribution in [0.5, 0.6) is 0 Å². The van der Waals surface area contributed by atoms with E-state index in [2.05, 4.69) is 31.1 Å². The third-order valence-corrected chi connectivity index (χ3v) is 3.07. The smallest absolute Gasteiger partial charge is 0.128 e. The van der Waals surface area contributed by atoms with Gasteiger partial charge in [0.15, 0.2) is 0 Å². The van der Waals surface area contributed by atoms with Gasteiger partial charge in [-0.2, -0.15) is 0 Å². The van der Waals surface area contributed by atoms with E-state index in [1.807, 2.05) is 24.3 Å². The highest BCUT2D eigenvalue weighted by atomic mass is 16.3. The predicted molar refractivity (Wildman–Crippen MR) is 87.8 cm³/mol. The summed E-state index contributed by atoms with van der Waals surface area (Å²) >= 11 is 0. The number of pyridine rings is 1. The summed E-state index contributed by atoms with van der Waals surface area (Å²) in [5, 5.41) is 12.6. The first-order valence-electron chi connectivity index (χ1n) is 6.83. The van der Waals surface area contributed by atoms with Crippen molar-refractivity contribution in [3.63, 3.8) is 0 Å². The lowest BCUT2D eigenvalue weighted by molar-refractivity contribution is 0.282. The van der Waals surface area contributed by atoms with Crippen molar-refractivity contribution in [2.45, 2.75) is 32.9 Å². The van der Waals surface area contributed by atoms with Crippen molar-refractivity contribution >= 4 is 17.2 Å². The molecule has 0 amide bonds. The minimum absolute atomic E-state index is 0.0531. The zero-order valence-electron chi connectivity index (χ0n) is 12.6. The molecule has 0 atom stereocenters. The van der Waals surface area contributed by atoms with Crippen molar-refractivity contribution in [3.8, 4) is 11.1 Å². The number of aliphatic hydroxyl groups excluding tert-OH is 1. The van der Waals surface area contributed by atoms with Crippen molar-refractivity contribution < 1.29 is 5.11 Å². The van der Waals surface area contributed by atoms with E-state index in [0.29, 0.717) is 17.1 Å². The number of anilines is 3. The molecule has 2 rings (SSSR count). The first-order chi connectivity index (χ1) is 9.80. The van der Waals surface area contributed by atoms with Gasteiger partial charge in [-0.15, -0.1) is 0 Å². The van der Waals surface area contributed by atoms with Crippen molar-refractivity contribution in [2.75, 3.05) is 16.8 Å². The fourth-order valence-electron chi connectivity index (χ4n) is 2.07. The molecule has 2 aromatic rings. The minimum atomic E-state index is -0.133. The van der Waals surface area contributed by atoms with Gasteiger partial charge in [-0.05, 0) is 44.5 Å². The second-order valence-electron chi connectivity index (χ2n) is 6.10. The molecule has 1 heterocycles. The Morgan fingerprint density at radius 2 is 1.86 bits per heavy atom. The first kappa shape index (κ1) is 15.1. The highest BCUT2D eigenvalue weighted by Crippen LogP contribution is 2.29. The molecule has 6 N–H and O–H groups in total. The van der Waals surface area contributed by atoms with Gasteiger partial charge in [0.25, 0.3) is 0 Å². The largest absolute Gasteiger partial charge is 0.397 e. The van der Waals surface area contributed by atoms with Gasteiger partial charge in [0.2, 0.25) is 0 Å². The molecule has 112 valence electrons. The molecular weight excluding hydrogens is 264 g/mol. The van der Waals surface area contributed by atoms with E-state index in [1.165, 1.54) is 0 Å². The number of aliphatic hydroxyl groups is 1. The van der Waals surface area contributed by atoms with E-state index in [4.69, 9.17) is 11.5 Å². The van der Waals surface area contributed by atoms with E-state index in [-0.39, 0.29) is 12.1 Å². The number of aromatic nitrogens is 1. The van der Waals surface area contributed by atoms with Crippen LogP contribution in [0.3, 0.4) is 0 Å². The van der Waals surface area contributed by atoms with Crippen LogP contribution in [0.1, 0.15) is 26.3 Å². The van der Waals surface area contributed by atoms with Crippen molar-refractivity contribution in [1.29, 1.82) is 0 Å². The van der Waals surface area contributed by atoms with E-state index in [9.17, 15) is 5.11 Å². The monoisotopic (exact) mass is 286 g/mol. The van der Waals surface area contributed by atoms with Crippen LogP contribution in [-0.4, -0.2) is 15.6 Å². The number of nitrogens with two attached hydrogens (primary N) is 2. The van der Waals surface area contributed by atoms with E-state index >= 15 is 0 Å². The van der Waals surface area contributed by atoms with Crippen molar-refractivity contribution in [1.82, 2.24) is 4.98 Å². The molecule has 1 aromatic heterocycles. The molecule has 1 aromatic carbocycles. The van der Waals surface area contributed by atoms with E-state index in [1.54, 1.807) is 6.20 Å². The maximum absolute atomic E-state index is 9.26. The Morgan fingerprint density at radius 3 is 2.43 bits per heavy atom. The van der Waals surface area contributed by atoms with Crippen LogP contribution in [0.15, 0.2) is 30.5 Å². The normalized spacial score (nSPS) is 11.4. The zero-order valence-corrected chi connectivity index (χ0v) is 12.6. The van der Waals surface area contributed by atoms with Crippen LogP contribution in [0.25, 0.3) is 11.1 Å². The highest BCUT2D eigenvalue weighted by molar-refractivity contribution is 5.76. The van der Waals surface area contributed by atoms with Gasteiger partial charge in [0.05, 0.1) is 18.0 Å². The Labute approximate surface area is 125 Å².